The van der Waals surface area contributed by atoms with Crippen LogP contribution in [0.3, 0.4) is 0 Å². The Morgan fingerprint density at radius 3 is 2.20 bits per heavy atom. The van der Waals surface area contributed by atoms with Gasteiger partial charge in [0.05, 0.1) is 32.1 Å². The van der Waals surface area contributed by atoms with E-state index >= 15 is 0 Å². The lowest BCUT2D eigenvalue weighted by molar-refractivity contribution is 0.116. The highest BCUT2D eigenvalue weighted by Crippen LogP contribution is 2.30. The van der Waals surface area contributed by atoms with Gasteiger partial charge in [-0.2, -0.15) is 5.10 Å². The van der Waals surface area contributed by atoms with Crippen LogP contribution < -0.4 is 10.6 Å². The number of nitrogens with zero attached hydrogens (tertiary/aromatic N) is 2. The quantitative estimate of drug-likeness (QED) is 0.195. The topological polar surface area (TPSA) is 60.3 Å². The van der Waals surface area contributed by atoms with Crippen LogP contribution in [0.4, 0.5) is 0 Å². The van der Waals surface area contributed by atoms with Crippen molar-refractivity contribution in [2.45, 2.75) is 125 Å². The van der Waals surface area contributed by atoms with E-state index in [0.717, 1.165) is 64.2 Å². The third kappa shape index (κ3) is 14.8. The molecule has 0 atom stereocenters. The van der Waals surface area contributed by atoms with Crippen LogP contribution in [0.1, 0.15) is 105 Å². The van der Waals surface area contributed by atoms with E-state index in [0.29, 0.717) is 18.6 Å². The van der Waals surface area contributed by atoms with E-state index < -0.39 is 0 Å². The molecular formula is C34H60N4O2. The molecule has 0 saturated heterocycles. The van der Waals surface area contributed by atoms with E-state index in [1.807, 2.05) is 4.68 Å². The van der Waals surface area contributed by atoms with Crippen molar-refractivity contribution in [3.05, 3.63) is 53.3 Å². The molecule has 0 saturated carbocycles. The van der Waals surface area contributed by atoms with Gasteiger partial charge in [0.15, 0.2) is 0 Å². The number of nitrogens with one attached hydrogen (secondary N) is 2. The van der Waals surface area contributed by atoms with Gasteiger partial charge < -0.3 is 20.1 Å². The van der Waals surface area contributed by atoms with E-state index in [1.54, 1.807) is 0 Å². The first-order chi connectivity index (χ1) is 18.5. The monoisotopic (exact) mass is 556 g/mol. The number of benzene rings is 1. The molecule has 40 heavy (non-hydrogen) atoms. The fourth-order valence-corrected chi connectivity index (χ4v) is 4.68. The van der Waals surface area contributed by atoms with Gasteiger partial charge in [-0.25, -0.2) is 0 Å². The minimum absolute atomic E-state index is 0.0202. The fourth-order valence-electron chi connectivity index (χ4n) is 4.68. The normalized spacial score (nSPS) is 13.2. The number of aromatic nitrogens is 2. The lowest BCUT2D eigenvalue weighted by Gasteiger charge is -2.31. The second kappa shape index (κ2) is 15.5. The average Bonchev–Trinajstić information content (AvgIpc) is 3.31. The van der Waals surface area contributed by atoms with E-state index in [1.165, 1.54) is 11.1 Å². The molecule has 0 bridgehead atoms. The zero-order chi connectivity index (χ0) is 29.9. The van der Waals surface area contributed by atoms with Crippen molar-refractivity contribution in [2.75, 3.05) is 32.9 Å². The standard InChI is InChI=1S/C34H60N4O2/c1-31(2,3)26-28-13-11-14-29(25-28)27-40-22-12-18-36-34(9,10)17-16-33(7,8)30-15-20-38(37-30)21-24-39-23-19-35-32(4,5)6/h11,13-15,20,25,35-36H,12,16-19,21-24,26-27H2,1-10H3. The lowest BCUT2D eigenvalue weighted by atomic mass is 9.80. The summed E-state index contributed by atoms with van der Waals surface area (Å²) in [7, 11) is 0. The Bertz CT molecular complexity index is 982. The molecule has 0 aliphatic rings. The molecule has 0 radical (unpaired) electrons. The summed E-state index contributed by atoms with van der Waals surface area (Å²) in [5, 5.41) is 12.1. The first kappa shape index (κ1) is 34.5. The van der Waals surface area contributed by atoms with Gasteiger partial charge in [0.25, 0.3) is 0 Å². The Morgan fingerprint density at radius 2 is 1.50 bits per heavy atom. The SMILES string of the molecule is CC(C)(C)Cc1cccc(COCCCNC(C)(C)CCC(C)(C)c2ccn(CCOCCNC(C)(C)C)n2)c1. The highest BCUT2D eigenvalue weighted by atomic mass is 16.5. The maximum atomic E-state index is 5.99. The molecule has 0 amide bonds. The summed E-state index contributed by atoms with van der Waals surface area (Å²) in [6.07, 6.45) is 6.33. The Labute approximate surface area is 246 Å². The highest BCUT2D eigenvalue weighted by molar-refractivity contribution is 5.23. The molecule has 0 aliphatic heterocycles. The largest absolute Gasteiger partial charge is 0.378 e. The van der Waals surface area contributed by atoms with E-state index in [9.17, 15) is 0 Å². The summed E-state index contributed by atoms with van der Waals surface area (Å²) in [6.45, 7) is 28.0. The summed E-state index contributed by atoms with van der Waals surface area (Å²) in [5.41, 5.74) is 4.32. The van der Waals surface area contributed by atoms with Crippen molar-refractivity contribution in [1.29, 1.82) is 0 Å². The number of ether oxygens (including phenoxy) is 2. The lowest BCUT2D eigenvalue weighted by Crippen LogP contribution is -2.41. The van der Waals surface area contributed by atoms with Gasteiger partial charge in [0.1, 0.15) is 0 Å². The van der Waals surface area contributed by atoms with Gasteiger partial charge in [-0.15, -0.1) is 0 Å². The van der Waals surface area contributed by atoms with E-state index in [4.69, 9.17) is 14.6 Å². The smallest absolute Gasteiger partial charge is 0.0716 e. The molecule has 2 N–H and O–H groups in total. The Hall–Kier alpha value is -1.73. The van der Waals surface area contributed by atoms with Crippen LogP contribution in [0, 0.1) is 5.41 Å². The summed E-state index contributed by atoms with van der Waals surface area (Å²) in [6, 6.07) is 11.0. The zero-order valence-electron chi connectivity index (χ0n) is 27.5. The summed E-state index contributed by atoms with van der Waals surface area (Å²) >= 11 is 0. The molecule has 0 aliphatic carbocycles. The van der Waals surface area contributed by atoms with Crippen molar-refractivity contribution in [1.82, 2.24) is 20.4 Å². The highest BCUT2D eigenvalue weighted by Gasteiger charge is 2.27. The minimum atomic E-state index is 0.0202. The third-order valence-electron chi connectivity index (χ3n) is 7.14. The number of hydrogen-bond donors (Lipinski definition) is 2. The number of rotatable bonds is 18. The van der Waals surface area contributed by atoms with Crippen LogP contribution >= 0.6 is 0 Å². The molecule has 228 valence electrons. The molecule has 1 aromatic carbocycles. The van der Waals surface area contributed by atoms with Crippen molar-refractivity contribution in [3.63, 3.8) is 0 Å². The maximum Gasteiger partial charge on any atom is 0.0716 e. The second-order valence-corrected chi connectivity index (χ2v) is 14.9. The van der Waals surface area contributed by atoms with Crippen LogP contribution in [0.2, 0.25) is 0 Å². The fraction of sp³-hybridized carbons (Fsp3) is 0.735. The van der Waals surface area contributed by atoms with Crippen molar-refractivity contribution in [2.24, 2.45) is 5.41 Å². The molecule has 0 fully saturated rings. The molecule has 1 heterocycles. The van der Waals surface area contributed by atoms with Gasteiger partial charge in [-0.05, 0) is 89.5 Å². The van der Waals surface area contributed by atoms with Crippen LogP contribution in [0.15, 0.2) is 36.5 Å². The van der Waals surface area contributed by atoms with Crippen molar-refractivity contribution >= 4 is 0 Å². The van der Waals surface area contributed by atoms with Gasteiger partial charge in [-0.3, -0.25) is 4.68 Å². The molecule has 2 rings (SSSR count). The molecule has 6 heteroatoms. The second-order valence-electron chi connectivity index (χ2n) is 14.9. The first-order valence-corrected chi connectivity index (χ1v) is 15.3. The van der Waals surface area contributed by atoms with E-state index in [-0.39, 0.29) is 16.5 Å². The number of hydrogen-bond acceptors (Lipinski definition) is 5. The molecule has 1 aromatic heterocycles. The average molecular weight is 557 g/mol. The van der Waals surface area contributed by atoms with Crippen LogP contribution in [0.25, 0.3) is 0 Å². The van der Waals surface area contributed by atoms with E-state index in [2.05, 4.69) is 116 Å². The molecule has 0 spiro atoms. The van der Waals surface area contributed by atoms with Crippen molar-refractivity contribution in [3.8, 4) is 0 Å². The van der Waals surface area contributed by atoms with Gasteiger partial charge in [0.2, 0.25) is 0 Å². The summed E-state index contributed by atoms with van der Waals surface area (Å²) < 4.78 is 13.8. The van der Waals surface area contributed by atoms with Crippen molar-refractivity contribution < 1.29 is 9.47 Å². The predicted octanol–water partition coefficient (Wildman–Crippen LogP) is 6.91. The maximum absolute atomic E-state index is 5.99. The molecule has 2 aromatic rings. The van der Waals surface area contributed by atoms with Gasteiger partial charge >= 0.3 is 0 Å². The zero-order valence-corrected chi connectivity index (χ0v) is 27.5. The first-order valence-electron chi connectivity index (χ1n) is 15.3. The van der Waals surface area contributed by atoms with Crippen LogP contribution in [-0.4, -0.2) is 53.8 Å². The molecular weight excluding hydrogens is 496 g/mol. The predicted molar refractivity (Wildman–Crippen MR) is 169 cm³/mol. The van der Waals surface area contributed by atoms with Gasteiger partial charge in [0, 0.05) is 35.8 Å². The van der Waals surface area contributed by atoms with Crippen LogP contribution in [0.5, 0.6) is 0 Å². The summed E-state index contributed by atoms with van der Waals surface area (Å²) in [4.78, 5) is 0. The van der Waals surface area contributed by atoms with Crippen LogP contribution in [-0.2, 0) is 34.5 Å². The summed E-state index contributed by atoms with van der Waals surface area (Å²) in [5.74, 6) is 0. The van der Waals surface area contributed by atoms with Gasteiger partial charge in [-0.1, -0.05) is 58.9 Å². The Kier molecular flexibility index (Phi) is 13.3. The Balaban J connectivity index is 1.64. The Morgan fingerprint density at radius 1 is 0.775 bits per heavy atom. The minimum Gasteiger partial charge on any atom is -0.378 e. The third-order valence-corrected chi connectivity index (χ3v) is 7.14. The molecule has 6 nitrogen and oxygen atoms in total. The molecule has 0 unspecified atom stereocenters.